The molecule has 1 rings (SSSR count). The minimum Gasteiger partial charge on any atom is -0.479 e. The molecule has 0 bridgehead atoms. The van der Waals surface area contributed by atoms with Crippen LogP contribution in [-0.2, 0) is 9.59 Å². The van der Waals surface area contributed by atoms with Crippen molar-refractivity contribution in [3.8, 4) is 0 Å². The summed E-state index contributed by atoms with van der Waals surface area (Å²) < 4.78 is 0. The van der Waals surface area contributed by atoms with Gasteiger partial charge in [0.1, 0.15) is 5.54 Å². The van der Waals surface area contributed by atoms with Gasteiger partial charge >= 0.3 is 5.97 Å². The van der Waals surface area contributed by atoms with Crippen LogP contribution in [0.15, 0.2) is 0 Å². The molecule has 0 radical (unpaired) electrons. The molecule has 0 aliphatic heterocycles. The third-order valence-corrected chi connectivity index (χ3v) is 3.35. The fourth-order valence-electron chi connectivity index (χ4n) is 2.65. The minimum absolute atomic E-state index is 0.144. The Labute approximate surface area is 90.3 Å². The van der Waals surface area contributed by atoms with Gasteiger partial charge in [-0.15, -0.1) is 0 Å². The average Bonchev–Trinajstić information content (AvgIpc) is 2.49. The molecular formula is C11H19NO3. The van der Waals surface area contributed by atoms with Crippen molar-refractivity contribution in [2.75, 3.05) is 6.54 Å². The number of carbonyl (C=O) groups is 2. The Kier molecular flexibility index (Phi) is 3.37. The van der Waals surface area contributed by atoms with Gasteiger partial charge in [-0.3, -0.25) is 4.79 Å². The molecule has 4 nitrogen and oxygen atoms in total. The number of nitrogens with zero attached hydrogens (tertiary/aromatic N) is 1. The van der Waals surface area contributed by atoms with Crippen LogP contribution in [0.3, 0.4) is 0 Å². The van der Waals surface area contributed by atoms with Crippen molar-refractivity contribution >= 4 is 11.9 Å². The van der Waals surface area contributed by atoms with Crippen molar-refractivity contribution in [1.82, 2.24) is 4.90 Å². The first-order chi connectivity index (χ1) is 6.94. The Bertz CT molecular complexity index is 277. The van der Waals surface area contributed by atoms with Crippen molar-refractivity contribution in [3.63, 3.8) is 0 Å². The van der Waals surface area contributed by atoms with Gasteiger partial charge < -0.3 is 10.0 Å². The second-order valence-electron chi connectivity index (χ2n) is 4.45. The number of amides is 1. The molecule has 1 aliphatic rings. The molecule has 1 aliphatic carbocycles. The summed E-state index contributed by atoms with van der Waals surface area (Å²) in [4.78, 5) is 24.3. The fraction of sp³-hybridized carbons (Fsp3) is 0.818. The number of rotatable bonds is 3. The van der Waals surface area contributed by atoms with E-state index in [1.54, 1.807) is 0 Å². The van der Waals surface area contributed by atoms with E-state index in [9.17, 15) is 14.7 Å². The van der Waals surface area contributed by atoms with Crippen molar-refractivity contribution in [2.24, 2.45) is 5.92 Å². The van der Waals surface area contributed by atoms with Gasteiger partial charge in [0.15, 0.2) is 0 Å². The molecule has 0 spiro atoms. The standard InChI is InChI=1S/C11H19NO3/c1-4-12(9(3)13)11(10(14)15)6-5-8(2)7-11/h8H,4-7H2,1-3H3,(H,14,15). The number of hydrogen-bond donors (Lipinski definition) is 1. The Morgan fingerprint density at radius 3 is 2.40 bits per heavy atom. The molecule has 86 valence electrons. The van der Waals surface area contributed by atoms with E-state index in [0.29, 0.717) is 25.3 Å². The summed E-state index contributed by atoms with van der Waals surface area (Å²) in [5.41, 5.74) is -0.944. The van der Waals surface area contributed by atoms with Gasteiger partial charge in [0.05, 0.1) is 0 Å². The van der Waals surface area contributed by atoms with E-state index < -0.39 is 11.5 Å². The topological polar surface area (TPSA) is 57.6 Å². The van der Waals surface area contributed by atoms with Crippen LogP contribution in [0.5, 0.6) is 0 Å². The van der Waals surface area contributed by atoms with E-state index in [1.165, 1.54) is 11.8 Å². The summed E-state index contributed by atoms with van der Waals surface area (Å²) in [6.07, 6.45) is 2.04. The summed E-state index contributed by atoms with van der Waals surface area (Å²) in [5, 5.41) is 9.34. The fourth-order valence-corrected chi connectivity index (χ4v) is 2.65. The van der Waals surface area contributed by atoms with E-state index in [4.69, 9.17) is 0 Å². The summed E-state index contributed by atoms with van der Waals surface area (Å²) in [7, 11) is 0. The summed E-state index contributed by atoms with van der Waals surface area (Å²) >= 11 is 0. The highest BCUT2D eigenvalue weighted by Gasteiger charge is 2.49. The van der Waals surface area contributed by atoms with Crippen LogP contribution < -0.4 is 0 Å². The molecule has 1 saturated carbocycles. The summed E-state index contributed by atoms with van der Waals surface area (Å²) in [5.74, 6) is -0.618. The van der Waals surface area contributed by atoms with Crippen molar-refractivity contribution in [1.29, 1.82) is 0 Å². The lowest BCUT2D eigenvalue weighted by atomic mass is 9.93. The maximum Gasteiger partial charge on any atom is 0.329 e. The first kappa shape index (κ1) is 12.0. The van der Waals surface area contributed by atoms with E-state index >= 15 is 0 Å². The molecule has 0 aromatic carbocycles. The normalized spacial score (nSPS) is 30.2. The zero-order valence-electron chi connectivity index (χ0n) is 9.62. The van der Waals surface area contributed by atoms with E-state index in [-0.39, 0.29) is 5.91 Å². The highest BCUT2D eigenvalue weighted by atomic mass is 16.4. The van der Waals surface area contributed by atoms with E-state index in [1.807, 2.05) is 13.8 Å². The zero-order valence-corrected chi connectivity index (χ0v) is 9.62. The van der Waals surface area contributed by atoms with Gasteiger partial charge in [0, 0.05) is 13.5 Å². The molecule has 1 N–H and O–H groups in total. The third kappa shape index (κ3) is 1.98. The lowest BCUT2D eigenvalue weighted by molar-refractivity contribution is -0.158. The van der Waals surface area contributed by atoms with Crippen LogP contribution in [0, 0.1) is 5.92 Å². The van der Waals surface area contributed by atoms with E-state index in [0.717, 1.165) is 6.42 Å². The molecule has 2 atom stereocenters. The second kappa shape index (κ2) is 4.21. The van der Waals surface area contributed by atoms with Crippen LogP contribution in [0.2, 0.25) is 0 Å². The van der Waals surface area contributed by atoms with Crippen LogP contribution in [0.1, 0.15) is 40.0 Å². The molecule has 2 unspecified atom stereocenters. The Morgan fingerprint density at radius 2 is 2.13 bits per heavy atom. The predicted octanol–water partition coefficient (Wildman–Crippen LogP) is 1.50. The van der Waals surface area contributed by atoms with Gasteiger partial charge in [-0.05, 0) is 32.1 Å². The maximum absolute atomic E-state index is 11.4. The van der Waals surface area contributed by atoms with Crippen LogP contribution in [0.4, 0.5) is 0 Å². The van der Waals surface area contributed by atoms with Gasteiger partial charge in [-0.1, -0.05) is 6.92 Å². The molecule has 0 saturated heterocycles. The summed E-state index contributed by atoms with van der Waals surface area (Å²) in [6, 6.07) is 0. The number of likely N-dealkylation sites (N-methyl/N-ethyl adjacent to an activating group) is 1. The third-order valence-electron chi connectivity index (χ3n) is 3.35. The quantitative estimate of drug-likeness (QED) is 0.772. The molecule has 15 heavy (non-hydrogen) atoms. The first-order valence-electron chi connectivity index (χ1n) is 5.45. The molecule has 0 aromatic rings. The average molecular weight is 213 g/mol. The largest absolute Gasteiger partial charge is 0.479 e. The maximum atomic E-state index is 11.4. The number of carbonyl (C=O) groups excluding carboxylic acids is 1. The minimum atomic E-state index is -0.944. The number of hydrogen-bond acceptors (Lipinski definition) is 2. The summed E-state index contributed by atoms with van der Waals surface area (Å²) in [6.45, 7) is 5.78. The molecule has 0 aromatic heterocycles. The number of aliphatic carboxylic acids is 1. The molecule has 0 heterocycles. The monoisotopic (exact) mass is 213 g/mol. The highest BCUT2D eigenvalue weighted by Crippen LogP contribution is 2.39. The number of carboxylic acids is 1. The van der Waals surface area contributed by atoms with Gasteiger partial charge in [0.25, 0.3) is 0 Å². The van der Waals surface area contributed by atoms with Crippen LogP contribution in [-0.4, -0.2) is 34.0 Å². The van der Waals surface area contributed by atoms with Crippen LogP contribution >= 0.6 is 0 Å². The molecule has 1 fully saturated rings. The van der Waals surface area contributed by atoms with Crippen LogP contribution in [0.25, 0.3) is 0 Å². The van der Waals surface area contributed by atoms with Gasteiger partial charge in [-0.25, -0.2) is 4.79 Å². The first-order valence-corrected chi connectivity index (χ1v) is 5.45. The van der Waals surface area contributed by atoms with Crippen molar-refractivity contribution in [3.05, 3.63) is 0 Å². The molecule has 1 amide bonds. The molecular weight excluding hydrogens is 194 g/mol. The van der Waals surface area contributed by atoms with Gasteiger partial charge in [-0.2, -0.15) is 0 Å². The second-order valence-corrected chi connectivity index (χ2v) is 4.45. The Morgan fingerprint density at radius 1 is 1.53 bits per heavy atom. The highest BCUT2D eigenvalue weighted by molar-refractivity contribution is 5.86. The lowest BCUT2D eigenvalue weighted by Gasteiger charge is -2.36. The zero-order chi connectivity index (χ0) is 11.6. The lowest BCUT2D eigenvalue weighted by Crippen LogP contribution is -2.54. The predicted molar refractivity (Wildman–Crippen MR) is 56.4 cm³/mol. The van der Waals surface area contributed by atoms with Gasteiger partial charge in [0.2, 0.25) is 5.91 Å². The van der Waals surface area contributed by atoms with E-state index in [2.05, 4.69) is 0 Å². The SMILES string of the molecule is CCN(C(C)=O)C1(C(=O)O)CCC(C)C1. The smallest absolute Gasteiger partial charge is 0.329 e. The Hall–Kier alpha value is -1.06. The number of carboxylic acid groups (broad SMARTS) is 1. The Balaban J connectivity index is 3.00. The molecule has 4 heteroatoms. The van der Waals surface area contributed by atoms with Crippen molar-refractivity contribution < 1.29 is 14.7 Å². The van der Waals surface area contributed by atoms with Crippen molar-refractivity contribution in [2.45, 2.75) is 45.6 Å².